The van der Waals surface area contributed by atoms with Gasteiger partial charge in [-0.25, -0.2) is 4.99 Å². The predicted octanol–water partition coefficient (Wildman–Crippen LogP) is 3.60. The maximum atomic E-state index is 5.92. The third-order valence-corrected chi connectivity index (χ3v) is 4.73. The van der Waals surface area contributed by atoms with E-state index in [1.165, 1.54) is 10.4 Å². The Morgan fingerprint density at radius 2 is 2.05 bits per heavy atom. The molecule has 3 N–H and O–H groups in total. The van der Waals surface area contributed by atoms with Crippen molar-refractivity contribution in [2.24, 2.45) is 10.7 Å². The lowest BCUT2D eigenvalue weighted by molar-refractivity contribution is 0.493. The largest absolute Gasteiger partial charge is 0.370 e. The first kappa shape index (κ1) is 12.7. The molecule has 1 aliphatic rings. The van der Waals surface area contributed by atoms with Gasteiger partial charge in [0.25, 0.3) is 0 Å². The van der Waals surface area contributed by atoms with Gasteiger partial charge in [0.2, 0.25) is 0 Å². The van der Waals surface area contributed by atoms with Gasteiger partial charge in [-0.15, -0.1) is 11.3 Å². The molecule has 0 spiro atoms. The molecule has 0 bridgehead atoms. The molecule has 0 amide bonds. The standard InChI is InChI=1S/C14H14BrN3S/c15-10-5-3-9(4-6-10)11-8-12(18-14(16)17-11)13-2-1-7-19-13/h1-7,11-12H,8H2,(H3,16,17,18). The van der Waals surface area contributed by atoms with E-state index in [9.17, 15) is 0 Å². The Hall–Kier alpha value is -1.33. The highest BCUT2D eigenvalue weighted by molar-refractivity contribution is 9.10. The highest BCUT2D eigenvalue weighted by Gasteiger charge is 2.24. The third kappa shape index (κ3) is 2.82. The van der Waals surface area contributed by atoms with Gasteiger partial charge in [0, 0.05) is 9.35 Å². The number of rotatable bonds is 2. The van der Waals surface area contributed by atoms with E-state index in [1.807, 2.05) is 12.1 Å². The van der Waals surface area contributed by atoms with Gasteiger partial charge in [0.05, 0.1) is 12.1 Å². The van der Waals surface area contributed by atoms with Crippen LogP contribution < -0.4 is 11.1 Å². The lowest BCUT2D eigenvalue weighted by Crippen LogP contribution is -2.39. The van der Waals surface area contributed by atoms with E-state index in [2.05, 4.69) is 55.9 Å². The van der Waals surface area contributed by atoms with E-state index in [1.54, 1.807) is 11.3 Å². The van der Waals surface area contributed by atoms with Crippen molar-refractivity contribution in [3.63, 3.8) is 0 Å². The summed E-state index contributed by atoms with van der Waals surface area (Å²) < 4.78 is 1.08. The number of nitrogens with one attached hydrogen (secondary N) is 1. The Labute approximate surface area is 124 Å². The van der Waals surface area contributed by atoms with Gasteiger partial charge in [-0.3, -0.25) is 0 Å². The first-order valence-electron chi connectivity index (χ1n) is 6.11. The maximum absolute atomic E-state index is 5.92. The third-order valence-electron chi connectivity index (χ3n) is 3.22. The normalized spacial score (nSPS) is 22.7. The molecule has 3 rings (SSSR count). The van der Waals surface area contributed by atoms with Crippen molar-refractivity contribution in [3.8, 4) is 0 Å². The number of thiophene rings is 1. The van der Waals surface area contributed by atoms with Crippen molar-refractivity contribution in [3.05, 3.63) is 56.7 Å². The van der Waals surface area contributed by atoms with E-state index in [-0.39, 0.29) is 12.1 Å². The molecule has 1 aromatic heterocycles. The van der Waals surface area contributed by atoms with Crippen molar-refractivity contribution in [2.75, 3.05) is 0 Å². The molecule has 2 atom stereocenters. The minimum atomic E-state index is 0.126. The molecule has 0 radical (unpaired) electrons. The number of aliphatic imine (C=N–C) groups is 1. The first-order valence-corrected chi connectivity index (χ1v) is 7.78. The number of nitrogens with two attached hydrogens (primary N) is 1. The highest BCUT2D eigenvalue weighted by atomic mass is 79.9. The lowest BCUT2D eigenvalue weighted by atomic mass is 9.97. The summed E-state index contributed by atoms with van der Waals surface area (Å²) in [7, 11) is 0. The van der Waals surface area contributed by atoms with Crippen molar-refractivity contribution >= 4 is 33.2 Å². The summed E-state index contributed by atoms with van der Waals surface area (Å²) in [6.45, 7) is 0. The molecule has 2 heterocycles. The fourth-order valence-electron chi connectivity index (χ4n) is 2.29. The van der Waals surface area contributed by atoms with Gasteiger partial charge in [-0.2, -0.15) is 0 Å². The molecular weight excluding hydrogens is 322 g/mol. The maximum Gasteiger partial charge on any atom is 0.189 e. The fraction of sp³-hybridized carbons (Fsp3) is 0.214. The molecule has 2 aromatic rings. The van der Waals surface area contributed by atoms with Crippen LogP contribution in [-0.4, -0.2) is 5.96 Å². The van der Waals surface area contributed by atoms with Crippen molar-refractivity contribution < 1.29 is 0 Å². The summed E-state index contributed by atoms with van der Waals surface area (Å²) in [5, 5.41) is 5.35. The van der Waals surface area contributed by atoms with Crippen LogP contribution in [0.4, 0.5) is 0 Å². The Morgan fingerprint density at radius 3 is 2.74 bits per heavy atom. The summed E-state index contributed by atoms with van der Waals surface area (Å²) in [6, 6.07) is 12.9. The van der Waals surface area contributed by atoms with Crippen LogP contribution in [0.25, 0.3) is 0 Å². The molecule has 2 unspecified atom stereocenters. The number of benzene rings is 1. The van der Waals surface area contributed by atoms with Gasteiger partial charge in [-0.05, 0) is 35.6 Å². The average Bonchev–Trinajstić information content (AvgIpc) is 2.93. The molecule has 0 saturated heterocycles. The molecule has 5 heteroatoms. The lowest BCUT2D eigenvalue weighted by Gasteiger charge is -2.27. The molecular formula is C14H14BrN3S. The van der Waals surface area contributed by atoms with Crippen molar-refractivity contribution in [1.29, 1.82) is 0 Å². The molecule has 0 saturated carbocycles. The molecule has 3 nitrogen and oxygen atoms in total. The van der Waals surface area contributed by atoms with Crippen LogP contribution in [0, 0.1) is 0 Å². The smallest absolute Gasteiger partial charge is 0.189 e. The van der Waals surface area contributed by atoms with Gasteiger partial charge in [-0.1, -0.05) is 34.1 Å². The molecule has 98 valence electrons. The molecule has 1 aromatic carbocycles. The number of hydrogen-bond donors (Lipinski definition) is 2. The van der Waals surface area contributed by atoms with E-state index in [4.69, 9.17) is 5.73 Å². The highest BCUT2D eigenvalue weighted by Crippen LogP contribution is 2.34. The Kier molecular flexibility index (Phi) is 3.57. The van der Waals surface area contributed by atoms with Crippen LogP contribution in [-0.2, 0) is 0 Å². The first-order chi connectivity index (χ1) is 9.22. The molecule has 1 aliphatic heterocycles. The second-order valence-corrected chi connectivity index (χ2v) is 6.42. The van der Waals surface area contributed by atoms with Crippen LogP contribution in [0.2, 0.25) is 0 Å². The van der Waals surface area contributed by atoms with Crippen LogP contribution in [0.15, 0.2) is 51.2 Å². The summed E-state index contributed by atoms with van der Waals surface area (Å²) >= 11 is 5.20. The quantitative estimate of drug-likeness (QED) is 0.880. The van der Waals surface area contributed by atoms with E-state index >= 15 is 0 Å². The predicted molar refractivity (Wildman–Crippen MR) is 83.3 cm³/mol. The topological polar surface area (TPSA) is 50.4 Å². The minimum Gasteiger partial charge on any atom is -0.370 e. The van der Waals surface area contributed by atoms with Crippen LogP contribution >= 0.6 is 27.3 Å². The Balaban J connectivity index is 1.86. The SMILES string of the molecule is NC1=NC(c2ccc(Br)cc2)CC(c2cccs2)N1. The van der Waals surface area contributed by atoms with E-state index in [0.29, 0.717) is 5.96 Å². The molecule has 19 heavy (non-hydrogen) atoms. The Morgan fingerprint density at radius 1 is 1.26 bits per heavy atom. The zero-order valence-electron chi connectivity index (χ0n) is 10.2. The molecule has 0 aliphatic carbocycles. The van der Waals surface area contributed by atoms with E-state index in [0.717, 1.165) is 10.9 Å². The fourth-order valence-corrected chi connectivity index (χ4v) is 3.35. The van der Waals surface area contributed by atoms with Gasteiger partial charge < -0.3 is 11.1 Å². The summed E-state index contributed by atoms with van der Waals surface area (Å²) in [5.41, 5.74) is 7.13. The van der Waals surface area contributed by atoms with Crippen molar-refractivity contribution in [2.45, 2.75) is 18.5 Å². The van der Waals surface area contributed by atoms with Crippen LogP contribution in [0.5, 0.6) is 0 Å². The van der Waals surface area contributed by atoms with Crippen LogP contribution in [0.1, 0.15) is 28.9 Å². The average molecular weight is 336 g/mol. The van der Waals surface area contributed by atoms with E-state index < -0.39 is 0 Å². The van der Waals surface area contributed by atoms with Gasteiger partial charge in [0.1, 0.15) is 0 Å². The zero-order chi connectivity index (χ0) is 13.2. The van der Waals surface area contributed by atoms with Crippen molar-refractivity contribution in [1.82, 2.24) is 5.32 Å². The Bertz CT molecular complexity index is 577. The van der Waals surface area contributed by atoms with Crippen LogP contribution in [0.3, 0.4) is 0 Å². The molecule has 0 fully saturated rings. The second kappa shape index (κ2) is 5.35. The zero-order valence-corrected chi connectivity index (χ0v) is 12.6. The van der Waals surface area contributed by atoms with Gasteiger partial charge in [0.15, 0.2) is 5.96 Å². The minimum absolute atomic E-state index is 0.126. The number of nitrogens with zero attached hydrogens (tertiary/aromatic N) is 1. The second-order valence-electron chi connectivity index (χ2n) is 4.53. The van der Waals surface area contributed by atoms with Gasteiger partial charge >= 0.3 is 0 Å². The monoisotopic (exact) mass is 335 g/mol. The summed E-state index contributed by atoms with van der Waals surface area (Å²) in [5.74, 6) is 0.526. The number of halogens is 1. The number of hydrogen-bond acceptors (Lipinski definition) is 4. The number of guanidine groups is 1. The summed E-state index contributed by atoms with van der Waals surface area (Å²) in [4.78, 5) is 5.82. The summed E-state index contributed by atoms with van der Waals surface area (Å²) in [6.07, 6.45) is 0.933.